The van der Waals surface area contributed by atoms with E-state index < -0.39 is 0 Å². The second-order valence-electron chi connectivity index (χ2n) is 2.76. The molecule has 2 saturated heterocycles. The van der Waals surface area contributed by atoms with Crippen LogP contribution in [0.1, 0.15) is 6.42 Å². The van der Waals surface area contributed by atoms with E-state index in [4.69, 9.17) is 9.47 Å². The first-order chi connectivity index (χ1) is 4.97. The first-order valence-electron chi connectivity index (χ1n) is 3.90. The summed E-state index contributed by atoms with van der Waals surface area (Å²) in [5, 5.41) is 0. The average Bonchev–Trinajstić information content (AvgIpc) is 1.86. The van der Waals surface area contributed by atoms with E-state index in [1.54, 1.807) is 0 Å². The van der Waals surface area contributed by atoms with E-state index in [9.17, 15) is 0 Å². The highest BCUT2D eigenvalue weighted by Gasteiger charge is 2.26. The van der Waals surface area contributed by atoms with Crippen LogP contribution < -0.4 is 0 Å². The largest absolute Gasteiger partial charge is 0.379 e. The van der Waals surface area contributed by atoms with Crippen LogP contribution in [0.5, 0.6) is 0 Å². The van der Waals surface area contributed by atoms with Gasteiger partial charge in [-0.05, 0) is 0 Å². The molecule has 0 aromatic heterocycles. The second kappa shape index (κ2) is 2.86. The van der Waals surface area contributed by atoms with Gasteiger partial charge in [-0.15, -0.1) is 0 Å². The van der Waals surface area contributed by atoms with Crippen molar-refractivity contribution in [3.8, 4) is 0 Å². The molecule has 0 spiro atoms. The highest BCUT2D eigenvalue weighted by Crippen LogP contribution is 2.16. The van der Waals surface area contributed by atoms with E-state index >= 15 is 0 Å². The van der Waals surface area contributed by atoms with Crippen LogP contribution in [0.25, 0.3) is 0 Å². The van der Waals surface area contributed by atoms with Crippen molar-refractivity contribution in [3.63, 3.8) is 0 Å². The van der Waals surface area contributed by atoms with Gasteiger partial charge in [0.1, 0.15) is 6.23 Å². The standard InChI is InChI=1S/C7H13NO2/c1-4-10-7(1)8-2-5-9-6-3-8/h7H,1-6H2. The van der Waals surface area contributed by atoms with Crippen LogP contribution in [-0.4, -0.2) is 44.0 Å². The van der Waals surface area contributed by atoms with Gasteiger partial charge in [0.05, 0.1) is 19.8 Å². The molecule has 2 heterocycles. The molecule has 0 aliphatic carbocycles. The quantitative estimate of drug-likeness (QED) is 0.518. The lowest BCUT2D eigenvalue weighted by molar-refractivity contribution is -0.164. The Kier molecular flexibility index (Phi) is 1.88. The Bertz CT molecular complexity index is 108. The molecule has 1 unspecified atom stereocenters. The van der Waals surface area contributed by atoms with Crippen LogP contribution >= 0.6 is 0 Å². The van der Waals surface area contributed by atoms with Gasteiger partial charge in [0.25, 0.3) is 0 Å². The number of hydrogen-bond donors (Lipinski definition) is 0. The van der Waals surface area contributed by atoms with Gasteiger partial charge in [-0.25, -0.2) is 0 Å². The summed E-state index contributed by atoms with van der Waals surface area (Å²) < 4.78 is 10.6. The SMILES string of the molecule is C1CN(C2CCO2)CCO1. The minimum atomic E-state index is 0.420. The van der Waals surface area contributed by atoms with Crippen molar-refractivity contribution in [2.45, 2.75) is 12.6 Å². The summed E-state index contributed by atoms with van der Waals surface area (Å²) >= 11 is 0. The zero-order valence-electron chi connectivity index (χ0n) is 6.08. The van der Waals surface area contributed by atoms with E-state index in [1.807, 2.05) is 0 Å². The Labute approximate surface area is 60.9 Å². The number of ether oxygens (including phenoxy) is 2. The van der Waals surface area contributed by atoms with Crippen LogP contribution in [-0.2, 0) is 9.47 Å². The minimum absolute atomic E-state index is 0.420. The summed E-state index contributed by atoms with van der Waals surface area (Å²) in [5.74, 6) is 0. The summed E-state index contributed by atoms with van der Waals surface area (Å²) in [5.41, 5.74) is 0. The van der Waals surface area contributed by atoms with E-state index in [0.717, 1.165) is 32.9 Å². The molecular weight excluding hydrogens is 130 g/mol. The summed E-state index contributed by atoms with van der Waals surface area (Å²) in [6, 6.07) is 0. The fourth-order valence-corrected chi connectivity index (χ4v) is 1.38. The summed E-state index contributed by atoms with van der Waals surface area (Å²) in [4.78, 5) is 2.35. The van der Waals surface area contributed by atoms with Gasteiger partial charge in [-0.3, -0.25) is 4.90 Å². The third kappa shape index (κ3) is 1.17. The monoisotopic (exact) mass is 143 g/mol. The molecule has 0 N–H and O–H groups in total. The van der Waals surface area contributed by atoms with Crippen LogP contribution in [0.15, 0.2) is 0 Å². The lowest BCUT2D eigenvalue weighted by Gasteiger charge is -2.39. The molecule has 0 aromatic rings. The average molecular weight is 143 g/mol. The maximum atomic E-state index is 5.34. The summed E-state index contributed by atoms with van der Waals surface area (Å²) in [6.45, 7) is 4.79. The summed E-state index contributed by atoms with van der Waals surface area (Å²) in [7, 11) is 0. The minimum Gasteiger partial charge on any atom is -0.379 e. The van der Waals surface area contributed by atoms with E-state index in [2.05, 4.69) is 4.90 Å². The Morgan fingerprint density at radius 2 is 1.80 bits per heavy atom. The molecule has 0 aromatic carbocycles. The number of rotatable bonds is 1. The molecule has 2 aliphatic rings. The van der Waals surface area contributed by atoms with Crippen LogP contribution in [0, 0.1) is 0 Å². The van der Waals surface area contributed by atoms with Crippen LogP contribution in [0.2, 0.25) is 0 Å². The van der Waals surface area contributed by atoms with Crippen LogP contribution in [0.4, 0.5) is 0 Å². The van der Waals surface area contributed by atoms with Crippen molar-refractivity contribution < 1.29 is 9.47 Å². The van der Waals surface area contributed by atoms with Crippen molar-refractivity contribution >= 4 is 0 Å². The van der Waals surface area contributed by atoms with Crippen molar-refractivity contribution in [1.82, 2.24) is 4.90 Å². The fraction of sp³-hybridized carbons (Fsp3) is 1.00. The zero-order chi connectivity index (χ0) is 6.81. The van der Waals surface area contributed by atoms with Crippen molar-refractivity contribution in [2.75, 3.05) is 32.9 Å². The van der Waals surface area contributed by atoms with Gasteiger partial charge < -0.3 is 9.47 Å². The molecular formula is C7H13NO2. The molecule has 1 atom stereocenters. The molecule has 2 aliphatic heterocycles. The van der Waals surface area contributed by atoms with Crippen molar-refractivity contribution in [3.05, 3.63) is 0 Å². The lowest BCUT2D eigenvalue weighted by atomic mass is 10.2. The molecule has 2 fully saturated rings. The fourth-order valence-electron chi connectivity index (χ4n) is 1.38. The van der Waals surface area contributed by atoms with Gasteiger partial charge in [-0.2, -0.15) is 0 Å². The van der Waals surface area contributed by atoms with Gasteiger partial charge in [0, 0.05) is 19.5 Å². The van der Waals surface area contributed by atoms with Gasteiger partial charge in [0.2, 0.25) is 0 Å². The zero-order valence-corrected chi connectivity index (χ0v) is 6.08. The molecule has 0 amide bonds. The number of morpholine rings is 1. The Morgan fingerprint density at radius 3 is 2.30 bits per heavy atom. The lowest BCUT2D eigenvalue weighted by Crippen LogP contribution is -2.49. The van der Waals surface area contributed by atoms with Crippen molar-refractivity contribution in [2.24, 2.45) is 0 Å². The Balaban J connectivity index is 1.78. The molecule has 3 nitrogen and oxygen atoms in total. The van der Waals surface area contributed by atoms with Gasteiger partial charge in [0.15, 0.2) is 0 Å². The van der Waals surface area contributed by atoms with Crippen molar-refractivity contribution in [1.29, 1.82) is 0 Å². The van der Waals surface area contributed by atoms with Crippen LogP contribution in [0.3, 0.4) is 0 Å². The molecule has 0 radical (unpaired) electrons. The number of hydrogen-bond acceptors (Lipinski definition) is 3. The van der Waals surface area contributed by atoms with E-state index in [-0.39, 0.29) is 0 Å². The predicted octanol–water partition coefficient (Wildman–Crippen LogP) is 0.0650. The summed E-state index contributed by atoms with van der Waals surface area (Å²) in [6.07, 6.45) is 1.63. The Morgan fingerprint density at radius 1 is 1.10 bits per heavy atom. The number of nitrogens with zero attached hydrogens (tertiary/aromatic N) is 1. The molecule has 3 heteroatoms. The van der Waals surface area contributed by atoms with E-state index in [1.165, 1.54) is 6.42 Å². The first-order valence-corrected chi connectivity index (χ1v) is 3.90. The topological polar surface area (TPSA) is 21.7 Å². The van der Waals surface area contributed by atoms with Gasteiger partial charge in [-0.1, -0.05) is 0 Å². The van der Waals surface area contributed by atoms with E-state index in [0.29, 0.717) is 6.23 Å². The normalized spacial score (nSPS) is 35.4. The third-order valence-electron chi connectivity index (χ3n) is 2.13. The Hall–Kier alpha value is -0.120. The smallest absolute Gasteiger partial charge is 0.112 e. The molecule has 0 saturated carbocycles. The predicted molar refractivity (Wildman–Crippen MR) is 36.7 cm³/mol. The molecule has 10 heavy (non-hydrogen) atoms. The highest BCUT2D eigenvalue weighted by atomic mass is 16.5. The maximum absolute atomic E-state index is 5.34. The van der Waals surface area contributed by atoms with Gasteiger partial charge >= 0.3 is 0 Å². The highest BCUT2D eigenvalue weighted by molar-refractivity contribution is 4.71. The maximum Gasteiger partial charge on any atom is 0.112 e. The molecule has 2 rings (SSSR count). The molecule has 58 valence electrons. The first kappa shape index (κ1) is 6.58. The second-order valence-corrected chi connectivity index (χ2v) is 2.76. The molecule has 0 bridgehead atoms. The third-order valence-corrected chi connectivity index (χ3v) is 2.13.